The van der Waals surface area contributed by atoms with E-state index < -0.39 is 0 Å². The van der Waals surface area contributed by atoms with Crippen LogP contribution in [0.2, 0.25) is 5.02 Å². The molecule has 4 heteroatoms. The zero-order chi connectivity index (χ0) is 10.1. The van der Waals surface area contributed by atoms with Crippen LogP contribution in [0.15, 0.2) is 23.6 Å². The maximum Gasteiger partial charge on any atom is 0.0950 e. The molecule has 3 N–H and O–H groups in total. The van der Waals surface area contributed by atoms with Crippen LogP contribution in [0, 0.1) is 5.41 Å². The van der Waals surface area contributed by atoms with Crippen molar-refractivity contribution in [2.45, 2.75) is 6.42 Å². The van der Waals surface area contributed by atoms with Crippen molar-refractivity contribution in [1.82, 2.24) is 0 Å². The van der Waals surface area contributed by atoms with Gasteiger partial charge in [-0.15, -0.1) is 11.3 Å². The zero-order valence-electron chi connectivity index (χ0n) is 7.38. The van der Waals surface area contributed by atoms with Crippen molar-refractivity contribution in [1.29, 1.82) is 5.41 Å². The van der Waals surface area contributed by atoms with E-state index in [1.165, 1.54) is 4.70 Å². The summed E-state index contributed by atoms with van der Waals surface area (Å²) in [4.78, 5) is 0. The fourth-order valence-corrected chi connectivity index (χ4v) is 2.51. The molecule has 0 fully saturated rings. The summed E-state index contributed by atoms with van der Waals surface area (Å²) in [6.45, 7) is 0. The van der Waals surface area contributed by atoms with E-state index in [1.54, 1.807) is 11.3 Å². The van der Waals surface area contributed by atoms with Gasteiger partial charge in [0.1, 0.15) is 0 Å². The molecule has 0 aliphatic carbocycles. The summed E-state index contributed by atoms with van der Waals surface area (Å²) >= 11 is 7.56. The van der Waals surface area contributed by atoms with Crippen molar-refractivity contribution in [2.75, 3.05) is 0 Å². The summed E-state index contributed by atoms with van der Waals surface area (Å²) in [7, 11) is 0. The van der Waals surface area contributed by atoms with Gasteiger partial charge in [-0.2, -0.15) is 0 Å². The van der Waals surface area contributed by atoms with Crippen LogP contribution in [0.5, 0.6) is 0 Å². The fourth-order valence-electron chi connectivity index (χ4n) is 1.40. The number of rotatable bonds is 2. The lowest BCUT2D eigenvalue weighted by Gasteiger charge is -1.97. The predicted molar refractivity (Wildman–Crippen MR) is 62.5 cm³/mol. The molecule has 14 heavy (non-hydrogen) atoms. The first-order valence-electron chi connectivity index (χ1n) is 4.15. The van der Waals surface area contributed by atoms with Crippen LogP contribution in [0.25, 0.3) is 10.1 Å². The molecule has 2 rings (SSSR count). The number of fused-ring (bicyclic) bond motifs is 1. The molecule has 0 amide bonds. The second-order valence-electron chi connectivity index (χ2n) is 3.10. The molecule has 0 saturated heterocycles. The monoisotopic (exact) mass is 224 g/mol. The number of thiophene rings is 1. The number of benzene rings is 1. The normalized spacial score (nSPS) is 10.6. The molecule has 0 aliphatic heterocycles. The van der Waals surface area contributed by atoms with Gasteiger partial charge in [0.15, 0.2) is 0 Å². The second-order valence-corrected chi connectivity index (χ2v) is 4.45. The number of hydrogen-bond acceptors (Lipinski definition) is 2. The molecule has 0 aliphatic rings. The number of hydrogen-bond donors (Lipinski definition) is 2. The molecule has 0 unspecified atom stereocenters. The molecule has 0 atom stereocenters. The number of amidine groups is 1. The van der Waals surface area contributed by atoms with Crippen LogP contribution in [0.3, 0.4) is 0 Å². The third kappa shape index (κ3) is 1.74. The summed E-state index contributed by atoms with van der Waals surface area (Å²) in [5.41, 5.74) is 6.45. The lowest BCUT2D eigenvalue weighted by Crippen LogP contribution is -2.12. The minimum atomic E-state index is 0.185. The third-order valence-electron chi connectivity index (χ3n) is 2.00. The lowest BCUT2D eigenvalue weighted by atomic mass is 10.1. The summed E-state index contributed by atoms with van der Waals surface area (Å²) in [6, 6.07) is 5.79. The van der Waals surface area contributed by atoms with E-state index in [2.05, 4.69) is 0 Å². The van der Waals surface area contributed by atoms with Gasteiger partial charge in [-0.05, 0) is 34.5 Å². The smallest absolute Gasteiger partial charge is 0.0950 e. The molecule has 0 radical (unpaired) electrons. The van der Waals surface area contributed by atoms with E-state index in [9.17, 15) is 0 Å². The van der Waals surface area contributed by atoms with Gasteiger partial charge in [0.2, 0.25) is 0 Å². The Bertz CT molecular complexity index is 490. The van der Waals surface area contributed by atoms with Crippen LogP contribution in [-0.4, -0.2) is 5.84 Å². The summed E-state index contributed by atoms with van der Waals surface area (Å²) in [5, 5.41) is 11.1. The SMILES string of the molecule is N=C(N)Cc1csc2ccc(Cl)cc12. The van der Waals surface area contributed by atoms with E-state index in [0.29, 0.717) is 6.42 Å². The Hall–Kier alpha value is -1.06. The van der Waals surface area contributed by atoms with Gasteiger partial charge < -0.3 is 5.73 Å². The first-order chi connectivity index (χ1) is 6.66. The number of nitrogens with two attached hydrogens (primary N) is 1. The van der Waals surface area contributed by atoms with Gasteiger partial charge in [0.25, 0.3) is 0 Å². The molecular weight excluding hydrogens is 216 g/mol. The highest BCUT2D eigenvalue weighted by Crippen LogP contribution is 2.28. The van der Waals surface area contributed by atoms with Gasteiger partial charge in [-0.3, -0.25) is 5.41 Å². The average Bonchev–Trinajstić information content (AvgIpc) is 2.47. The van der Waals surface area contributed by atoms with Gasteiger partial charge >= 0.3 is 0 Å². The van der Waals surface area contributed by atoms with Crippen molar-refractivity contribution >= 4 is 38.9 Å². The molecule has 0 bridgehead atoms. The Balaban J connectivity index is 2.55. The molecule has 1 aromatic carbocycles. The minimum absolute atomic E-state index is 0.185. The minimum Gasteiger partial charge on any atom is -0.387 e. The Labute approximate surface area is 90.8 Å². The van der Waals surface area contributed by atoms with Crippen molar-refractivity contribution in [2.24, 2.45) is 5.73 Å². The second kappa shape index (κ2) is 3.59. The standard InChI is InChI=1S/C10H9ClN2S/c11-7-1-2-9-8(4-7)6(5-14-9)3-10(12)13/h1-2,4-5H,3H2,(H3,12,13). The molecule has 1 heterocycles. The van der Waals surface area contributed by atoms with Crippen LogP contribution in [0.1, 0.15) is 5.56 Å². The van der Waals surface area contributed by atoms with E-state index >= 15 is 0 Å². The predicted octanol–water partition coefficient (Wildman–Crippen LogP) is 3.03. The van der Waals surface area contributed by atoms with E-state index in [-0.39, 0.29) is 5.84 Å². The first-order valence-corrected chi connectivity index (χ1v) is 5.41. The number of nitrogens with one attached hydrogen (secondary N) is 1. The molecule has 2 nitrogen and oxygen atoms in total. The Morgan fingerprint density at radius 3 is 3.00 bits per heavy atom. The van der Waals surface area contributed by atoms with Gasteiger partial charge in [0, 0.05) is 16.1 Å². The largest absolute Gasteiger partial charge is 0.387 e. The first kappa shape index (κ1) is 9.49. The molecule has 1 aromatic heterocycles. The Morgan fingerprint density at radius 2 is 2.29 bits per heavy atom. The van der Waals surface area contributed by atoms with Crippen LogP contribution in [0.4, 0.5) is 0 Å². The Kier molecular flexibility index (Phi) is 2.44. The average molecular weight is 225 g/mol. The summed E-state index contributed by atoms with van der Waals surface area (Å²) < 4.78 is 1.19. The number of halogens is 1. The molecule has 2 aromatic rings. The summed E-state index contributed by atoms with van der Waals surface area (Å²) in [5.74, 6) is 0.185. The quantitative estimate of drug-likeness (QED) is 0.598. The molecule has 0 spiro atoms. The van der Waals surface area contributed by atoms with Crippen LogP contribution < -0.4 is 5.73 Å². The molecule has 72 valence electrons. The maximum absolute atomic E-state index is 7.25. The van der Waals surface area contributed by atoms with Crippen molar-refractivity contribution in [3.05, 3.63) is 34.2 Å². The molecule has 0 saturated carbocycles. The zero-order valence-corrected chi connectivity index (χ0v) is 8.95. The van der Waals surface area contributed by atoms with Gasteiger partial charge in [0.05, 0.1) is 5.84 Å². The van der Waals surface area contributed by atoms with Crippen LogP contribution >= 0.6 is 22.9 Å². The third-order valence-corrected chi connectivity index (χ3v) is 3.24. The Morgan fingerprint density at radius 1 is 1.50 bits per heavy atom. The van der Waals surface area contributed by atoms with E-state index in [0.717, 1.165) is 16.0 Å². The molecular formula is C10H9ClN2S. The lowest BCUT2D eigenvalue weighted by molar-refractivity contribution is 1.28. The van der Waals surface area contributed by atoms with Crippen molar-refractivity contribution < 1.29 is 0 Å². The maximum atomic E-state index is 7.25. The van der Waals surface area contributed by atoms with Crippen molar-refractivity contribution in [3.8, 4) is 0 Å². The highest BCUT2D eigenvalue weighted by molar-refractivity contribution is 7.17. The van der Waals surface area contributed by atoms with Crippen LogP contribution in [-0.2, 0) is 6.42 Å². The fraction of sp³-hybridized carbons (Fsp3) is 0.100. The van der Waals surface area contributed by atoms with Crippen molar-refractivity contribution in [3.63, 3.8) is 0 Å². The van der Waals surface area contributed by atoms with Gasteiger partial charge in [-0.1, -0.05) is 11.6 Å². The topological polar surface area (TPSA) is 49.9 Å². The van der Waals surface area contributed by atoms with Gasteiger partial charge in [-0.25, -0.2) is 0 Å². The highest BCUT2D eigenvalue weighted by Gasteiger charge is 2.05. The summed E-state index contributed by atoms with van der Waals surface area (Å²) in [6.07, 6.45) is 0.500. The van der Waals surface area contributed by atoms with E-state index in [1.807, 2.05) is 23.6 Å². The highest BCUT2D eigenvalue weighted by atomic mass is 35.5. The van der Waals surface area contributed by atoms with E-state index in [4.69, 9.17) is 22.7 Å².